The SMILES string of the molecule is CC(C)(C)OC(=O)N1CCc2c(c(C(F)(F)F)nn2-c2cccc(C(=O)NCc3ccc4c(c3)OC(F)(F)O4)c2)C1. The van der Waals surface area contributed by atoms with Crippen LogP contribution in [0.5, 0.6) is 11.5 Å². The summed E-state index contributed by atoms with van der Waals surface area (Å²) in [6.07, 6.45) is -9.19. The molecule has 0 bridgehead atoms. The number of alkyl halides is 5. The number of carbonyl (C=O) groups excluding carboxylic acids is 2. The molecule has 2 amide bonds. The number of rotatable bonds is 4. The lowest BCUT2D eigenvalue weighted by molar-refractivity contribution is -0.286. The smallest absolute Gasteiger partial charge is 0.444 e. The molecule has 3 aromatic rings. The maximum atomic E-state index is 14.0. The molecule has 2 aliphatic rings. The van der Waals surface area contributed by atoms with Crippen LogP contribution in [0, 0.1) is 0 Å². The molecule has 9 nitrogen and oxygen atoms in total. The molecule has 14 heteroatoms. The van der Waals surface area contributed by atoms with Crippen LogP contribution in [-0.4, -0.2) is 45.1 Å². The van der Waals surface area contributed by atoms with Crippen molar-refractivity contribution in [3.05, 3.63) is 70.5 Å². The zero-order valence-corrected chi connectivity index (χ0v) is 22.1. The summed E-state index contributed by atoms with van der Waals surface area (Å²) >= 11 is 0. The van der Waals surface area contributed by atoms with E-state index < -0.39 is 35.8 Å². The minimum absolute atomic E-state index is 0.0405. The standard InChI is InChI=1S/C27H25F5N4O5/c1-25(2,3)41-24(38)35-10-9-19-18(14-35)22(26(28,29)30)34-36(19)17-6-4-5-16(12-17)23(37)33-13-15-7-8-20-21(11-15)40-27(31,32)39-20/h4-8,11-12H,9-10,13-14H2,1-3H3,(H,33,37). The molecule has 0 spiro atoms. The molecular formula is C27H25F5N4O5. The molecule has 1 N–H and O–H groups in total. The lowest BCUT2D eigenvalue weighted by Crippen LogP contribution is -2.40. The van der Waals surface area contributed by atoms with Crippen molar-refractivity contribution in [1.29, 1.82) is 0 Å². The van der Waals surface area contributed by atoms with Gasteiger partial charge in [-0.2, -0.15) is 18.3 Å². The summed E-state index contributed by atoms with van der Waals surface area (Å²) in [5.41, 5.74) is -0.986. The quantitative estimate of drug-likeness (QED) is 0.414. The molecule has 2 aromatic carbocycles. The fourth-order valence-corrected chi connectivity index (χ4v) is 4.51. The summed E-state index contributed by atoms with van der Waals surface area (Å²) in [5, 5.41) is 6.48. The van der Waals surface area contributed by atoms with Gasteiger partial charge in [0.25, 0.3) is 5.91 Å². The number of ether oxygens (including phenoxy) is 3. The third-order valence-corrected chi connectivity index (χ3v) is 6.25. The topological polar surface area (TPSA) is 94.9 Å². The molecule has 3 heterocycles. The van der Waals surface area contributed by atoms with Crippen LogP contribution >= 0.6 is 0 Å². The van der Waals surface area contributed by atoms with E-state index in [4.69, 9.17) is 4.74 Å². The Balaban J connectivity index is 1.36. The third kappa shape index (κ3) is 6.05. The third-order valence-electron chi connectivity index (χ3n) is 6.25. The van der Waals surface area contributed by atoms with Crippen LogP contribution in [0.25, 0.3) is 5.69 Å². The molecule has 41 heavy (non-hydrogen) atoms. The Morgan fingerprint density at radius 2 is 1.80 bits per heavy atom. The average Bonchev–Trinajstić information content (AvgIpc) is 3.41. The summed E-state index contributed by atoms with van der Waals surface area (Å²) in [6.45, 7) is 4.74. The van der Waals surface area contributed by atoms with Gasteiger partial charge in [0.2, 0.25) is 0 Å². The van der Waals surface area contributed by atoms with E-state index in [9.17, 15) is 31.5 Å². The number of nitrogens with zero attached hydrogens (tertiary/aromatic N) is 3. The van der Waals surface area contributed by atoms with Gasteiger partial charge >= 0.3 is 18.6 Å². The van der Waals surface area contributed by atoms with E-state index in [2.05, 4.69) is 19.9 Å². The first-order valence-electron chi connectivity index (χ1n) is 12.5. The van der Waals surface area contributed by atoms with Gasteiger partial charge in [-0.3, -0.25) is 4.79 Å². The molecular weight excluding hydrogens is 555 g/mol. The Morgan fingerprint density at radius 3 is 2.51 bits per heavy atom. The minimum atomic E-state index is -4.78. The van der Waals surface area contributed by atoms with E-state index in [1.54, 1.807) is 20.8 Å². The zero-order chi connectivity index (χ0) is 29.7. The lowest BCUT2D eigenvalue weighted by atomic mass is 10.0. The summed E-state index contributed by atoms with van der Waals surface area (Å²) in [5.74, 6) is -0.853. The van der Waals surface area contributed by atoms with Crippen LogP contribution in [0.1, 0.15) is 53.6 Å². The first-order valence-corrected chi connectivity index (χ1v) is 12.5. The monoisotopic (exact) mass is 580 g/mol. The number of amides is 2. The fraction of sp³-hybridized carbons (Fsp3) is 0.370. The van der Waals surface area contributed by atoms with E-state index in [-0.39, 0.29) is 60.1 Å². The van der Waals surface area contributed by atoms with Crippen LogP contribution in [0.4, 0.5) is 26.7 Å². The molecule has 0 saturated carbocycles. The van der Waals surface area contributed by atoms with Crippen LogP contribution in [0.2, 0.25) is 0 Å². The molecule has 2 aliphatic heterocycles. The zero-order valence-electron chi connectivity index (χ0n) is 22.1. The normalized spacial score (nSPS) is 15.9. The maximum absolute atomic E-state index is 14.0. The largest absolute Gasteiger partial charge is 0.586 e. The second-order valence-electron chi connectivity index (χ2n) is 10.5. The highest BCUT2D eigenvalue weighted by Crippen LogP contribution is 2.41. The van der Waals surface area contributed by atoms with Crippen molar-refractivity contribution in [2.75, 3.05) is 6.54 Å². The summed E-state index contributed by atoms with van der Waals surface area (Å²) in [4.78, 5) is 26.6. The van der Waals surface area contributed by atoms with Crippen molar-refractivity contribution in [2.45, 2.75) is 58.4 Å². The highest BCUT2D eigenvalue weighted by atomic mass is 19.4. The van der Waals surface area contributed by atoms with Crippen LogP contribution in [-0.2, 0) is 30.4 Å². The molecule has 0 unspecified atom stereocenters. The predicted molar refractivity (Wildman–Crippen MR) is 133 cm³/mol. The van der Waals surface area contributed by atoms with Gasteiger partial charge < -0.3 is 24.4 Å². The fourth-order valence-electron chi connectivity index (χ4n) is 4.51. The Bertz CT molecular complexity index is 1510. The van der Waals surface area contributed by atoms with Crippen LogP contribution in [0.15, 0.2) is 42.5 Å². The molecule has 1 aromatic heterocycles. The van der Waals surface area contributed by atoms with E-state index in [0.29, 0.717) is 5.56 Å². The Morgan fingerprint density at radius 1 is 1.07 bits per heavy atom. The van der Waals surface area contributed by atoms with Gasteiger partial charge in [0.15, 0.2) is 17.2 Å². The van der Waals surface area contributed by atoms with Gasteiger partial charge in [0.1, 0.15) is 5.60 Å². The predicted octanol–water partition coefficient (Wildman–Crippen LogP) is 5.44. The number of nitrogens with one attached hydrogen (secondary N) is 1. The maximum Gasteiger partial charge on any atom is 0.586 e. The molecule has 0 saturated heterocycles. The Hall–Kier alpha value is -4.36. The number of hydrogen-bond donors (Lipinski definition) is 1. The number of benzene rings is 2. The van der Waals surface area contributed by atoms with Crippen molar-refractivity contribution < 1.29 is 45.8 Å². The molecule has 0 radical (unpaired) electrons. The van der Waals surface area contributed by atoms with Gasteiger partial charge in [-0.15, -0.1) is 8.78 Å². The molecule has 0 fully saturated rings. The number of halogens is 5. The van der Waals surface area contributed by atoms with Crippen molar-refractivity contribution in [3.63, 3.8) is 0 Å². The van der Waals surface area contributed by atoms with Crippen molar-refractivity contribution in [2.24, 2.45) is 0 Å². The first kappa shape index (κ1) is 28.2. The van der Waals surface area contributed by atoms with E-state index in [0.717, 1.165) is 4.68 Å². The van der Waals surface area contributed by atoms with Gasteiger partial charge in [-0.25, -0.2) is 9.48 Å². The summed E-state index contributed by atoms with van der Waals surface area (Å²) < 4.78 is 83.7. The molecule has 0 atom stereocenters. The minimum Gasteiger partial charge on any atom is -0.444 e. The summed E-state index contributed by atoms with van der Waals surface area (Å²) in [7, 11) is 0. The first-order chi connectivity index (χ1) is 19.1. The second kappa shape index (κ2) is 9.93. The Kier molecular flexibility index (Phi) is 6.82. The number of aromatic nitrogens is 2. The van der Waals surface area contributed by atoms with E-state index >= 15 is 0 Å². The van der Waals surface area contributed by atoms with Crippen molar-refractivity contribution in [3.8, 4) is 17.2 Å². The van der Waals surface area contributed by atoms with Crippen LogP contribution < -0.4 is 14.8 Å². The lowest BCUT2D eigenvalue weighted by Gasteiger charge is -2.30. The second-order valence-corrected chi connectivity index (χ2v) is 10.5. The van der Waals surface area contributed by atoms with Gasteiger partial charge in [-0.1, -0.05) is 12.1 Å². The molecule has 0 aliphatic carbocycles. The van der Waals surface area contributed by atoms with Gasteiger partial charge in [0, 0.05) is 30.6 Å². The average molecular weight is 581 g/mol. The Labute approximate surface area is 230 Å². The van der Waals surface area contributed by atoms with E-state index in [1.165, 1.54) is 47.4 Å². The van der Waals surface area contributed by atoms with Crippen molar-refractivity contribution >= 4 is 12.0 Å². The van der Waals surface area contributed by atoms with Gasteiger partial charge in [-0.05, 0) is 56.7 Å². The number of hydrogen-bond acceptors (Lipinski definition) is 6. The highest BCUT2D eigenvalue weighted by molar-refractivity contribution is 5.94. The highest BCUT2D eigenvalue weighted by Gasteiger charge is 2.44. The van der Waals surface area contributed by atoms with Gasteiger partial charge in [0.05, 0.1) is 17.9 Å². The van der Waals surface area contributed by atoms with Crippen LogP contribution in [0.3, 0.4) is 0 Å². The number of carbonyl (C=O) groups is 2. The van der Waals surface area contributed by atoms with E-state index in [1.807, 2.05) is 0 Å². The molecule has 5 rings (SSSR count). The van der Waals surface area contributed by atoms with Crippen molar-refractivity contribution in [1.82, 2.24) is 20.0 Å². The number of fused-ring (bicyclic) bond motifs is 2. The molecule has 218 valence electrons. The summed E-state index contributed by atoms with van der Waals surface area (Å²) in [6, 6.07) is 9.97.